The average Bonchev–Trinajstić information content (AvgIpc) is 2.68. The van der Waals surface area contributed by atoms with Crippen molar-refractivity contribution in [3.63, 3.8) is 0 Å². The van der Waals surface area contributed by atoms with E-state index in [0.29, 0.717) is 16.2 Å². The van der Waals surface area contributed by atoms with Crippen molar-refractivity contribution in [2.45, 2.75) is 25.8 Å². The van der Waals surface area contributed by atoms with E-state index in [4.69, 9.17) is 5.73 Å². The normalized spacial score (nSPS) is 18.6. The molecule has 9 heteroatoms. The van der Waals surface area contributed by atoms with E-state index in [9.17, 15) is 14.0 Å². The summed E-state index contributed by atoms with van der Waals surface area (Å²) in [6.07, 6.45) is 4.54. The molecule has 7 nitrogen and oxygen atoms in total. The number of nitrogens with one attached hydrogen (secondary N) is 1. The summed E-state index contributed by atoms with van der Waals surface area (Å²) in [6.45, 7) is 3.45. The van der Waals surface area contributed by atoms with Gasteiger partial charge >= 0.3 is 0 Å². The zero-order chi connectivity index (χ0) is 21.2. The van der Waals surface area contributed by atoms with E-state index in [1.807, 2.05) is 0 Å². The lowest BCUT2D eigenvalue weighted by atomic mass is 9.89. The number of hydrogen-bond donors (Lipinski definition) is 2. The van der Waals surface area contributed by atoms with Crippen LogP contribution in [-0.4, -0.2) is 33.9 Å². The van der Waals surface area contributed by atoms with E-state index in [1.165, 1.54) is 31.6 Å². The third-order valence-electron chi connectivity index (χ3n) is 4.43. The van der Waals surface area contributed by atoms with E-state index >= 15 is 0 Å². The number of aromatic nitrogens is 2. The van der Waals surface area contributed by atoms with Crippen molar-refractivity contribution in [3.05, 3.63) is 69.9 Å². The lowest BCUT2D eigenvalue weighted by Crippen LogP contribution is -2.30. The number of benzene rings is 1. The largest absolute Gasteiger partial charge is 0.378 e. The number of hydrogen-bond acceptors (Lipinski definition) is 7. The first-order valence-electron chi connectivity index (χ1n) is 8.80. The summed E-state index contributed by atoms with van der Waals surface area (Å²) in [6, 6.07) is 4.39. The highest BCUT2D eigenvalue weighted by atomic mass is 32.2. The summed E-state index contributed by atoms with van der Waals surface area (Å²) >= 11 is 1.02. The number of rotatable bonds is 5. The second kappa shape index (κ2) is 8.12. The van der Waals surface area contributed by atoms with Gasteiger partial charge in [-0.2, -0.15) is 0 Å². The fourth-order valence-electron chi connectivity index (χ4n) is 2.94. The van der Waals surface area contributed by atoms with Crippen molar-refractivity contribution in [1.82, 2.24) is 15.3 Å². The molecule has 1 aromatic carbocycles. The maximum atomic E-state index is 14.7. The number of amidine groups is 1. The van der Waals surface area contributed by atoms with Gasteiger partial charge in [-0.3, -0.25) is 14.6 Å². The number of Topliss-reactive ketones (excluding diaryl/α,β-unsaturated/α-hetero) is 1. The van der Waals surface area contributed by atoms with E-state index in [2.05, 4.69) is 20.3 Å². The van der Waals surface area contributed by atoms with Crippen LogP contribution in [0.4, 0.5) is 4.39 Å². The van der Waals surface area contributed by atoms with Crippen LogP contribution in [0.1, 0.15) is 34.2 Å². The zero-order valence-corrected chi connectivity index (χ0v) is 17.0. The maximum absolute atomic E-state index is 14.7. The van der Waals surface area contributed by atoms with E-state index in [-0.39, 0.29) is 34.5 Å². The Kier molecular flexibility index (Phi) is 5.78. The molecular formula is C20H20FN5O2S. The fourth-order valence-corrected chi connectivity index (χ4v) is 3.88. The van der Waals surface area contributed by atoms with Crippen molar-refractivity contribution in [3.8, 4) is 0 Å². The molecule has 0 radical (unpaired) electrons. The third kappa shape index (κ3) is 4.51. The van der Waals surface area contributed by atoms with Crippen molar-refractivity contribution in [1.29, 1.82) is 0 Å². The maximum Gasteiger partial charge on any atom is 0.257 e. The summed E-state index contributed by atoms with van der Waals surface area (Å²) < 4.78 is 14.7. The minimum Gasteiger partial charge on any atom is -0.378 e. The number of aliphatic imine (C=N–C) groups is 1. The number of aryl methyl sites for hydroxylation is 1. The Balaban J connectivity index is 1.95. The van der Waals surface area contributed by atoms with Crippen LogP contribution in [0.5, 0.6) is 0 Å². The molecule has 0 bridgehead atoms. The number of carbonyl (C=O) groups is 2. The van der Waals surface area contributed by atoms with Crippen molar-refractivity contribution in [2.24, 2.45) is 10.7 Å². The zero-order valence-electron chi connectivity index (χ0n) is 16.2. The van der Waals surface area contributed by atoms with Gasteiger partial charge in [0, 0.05) is 25.2 Å². The first-order chi connectivity index (χ1) is 13.7. The molecule has 0 aliphatic carbocycles. The van der Waals surface area contributed by atoms with Gasteiger partial charge in [0.05, 0.1) is 16.8 Å². The van der Waals surface area contributed by atoms with Crippen LogP contribution in [0, 0.1) is 12.7 Å². The number of carbonyl (C=O) groups excluding carboxylic acids is 2. The molecule has 1 aromatic heterocycles. The van der Waals surface area contributed by atoms with Gasteiger partial charge in [-0.1, -0.05) is 6.07 Å². The van der Waals surface area contributed by atoms with Crippen LogP contribution in [-0.2, 0) is 16.8 Å². The summed E-state index contributed by atoms with van der Waals surface area (Å²) in [5, 5.41) is 2.69. The standard InChI is InChI=1S/C20H20FN5O2S/c1-11-9-25-15(10-24-11)16(27)7-12-4-5-14(21)13(6-12)20(2)8-17(18(28)23-3)29-19(22)26-20/h4-6,8-10H,7H2,1-3H3,(H2,22,26)(H,23,28)/t20-/m0/s1. The Hall–Kier alpha value is -3.07. The van der Waals surface area contributed by atoms with E-state index in [0.717, 1.165) is 11.8 Å². The van der Waals surface area contributed by atoms with Crippen molar-refractivity contribution < 1.29 is 14.0 Å². The minimum absolute atomic E-state index is 0.0288. The van der Waals surface area contributed by atoms with Crippen LogP contribution in [0.15, 0.2) is 46.6 Å². The van der Waals surface area contributed by atoms with Crippen LogP contribution in [0.2, 0.25) is 0 Å². The minimum atomic E-state index is -1.18. The highest BCUT2D eigenvalue weighted by Gasteiger charge is 2.33. The number of likely N-dealkylation sites (N-methyl/N-ethyl adjacent to an activating group) is 1. The predicted octanol–water partition coefficient (Wildman–Crippen LogP) is 2.26. The van der Waals surface area contributed by atoms with E-state index < -0.39 is 11.4 Å². The average molecular weight is 413 g/mol. The van der Waals surface area contributed by atoms with Gasteiger partial charge in [-0.05, 0) is 49.4 Å². The molecule has 2 heterocycles. The van der Waals surface area contributed by atoms with Crippen molar-refractivity contribution >= 4 is 28.6 Å². The lowest BCUT2D eigenvalue weighted by molar-refractivity contribution is -0.116. The topological polar surface area (TPSA) is 110 Å². The highest BCUT2D eigenvalue weighted by molar-refractivity contribution is 8.17. The molecule has 1 amide bonds. The smallest absolute Gasteiger partial charge is 0.257 e. The number of amides is 1. The molecule has 0 unspecified atom stereocenters. The molecule has 0 spiro atoms. The van der Waals surface area contributed by atoms with E-state index in [1.54, 1.807) is 26.0 Å². The van der Waals surface area contributed by atoms with Gasteiger partial charge in [-0.25, -0.2) is 14.4 Å². The fraction of sp³-hybridized carbons (Fsp3) is 0.250. The van der Waals surface area contributed by atoms with Gasteiger partial charge in [0.2, 0.25) is 0 Å². The Morgan fingerprint density at radius 1 is 1.28 bits per heavy atom. The van der Waals surface area contributed by atoms with Crippen LogP contribution in [0.25, 0.3) is 0 Å². The quantitative estimate of drug-likeness (QED) is 0.728. The summed E-state index contributed by atoms with van der Waals surface area (Å²) in [7, 11) is 1.50. The third-order valence-corrected chi connectivity index (χ3v) is 5.25. The first-order valence-corrected chi connectivity index (χ1v) is 9.62. The molecule has 0 saturated heterocycles. The molecule has 29 heavy (non-hydrogen) atoms. The molecule has 1 atom stereocenters. The lowest BCUT2D eigenvalue weighted by Gasteiger charge is -2.28. The number of halogens is 1. The number of nitrogens with zero attached hydrogens (tertiary/aromatic N) is 3. The second-order valence-electron chi connectivity index (χ2n) is 6.74. The van der Waals surface area contributed by atoms with Gasteiger partial charge in [0.25, 0.3) is 5.91 Å². The molecule has 1 aliphatic rings. The van der Waals surface area contributed by atoms with Crippen LogP contribution >= 0.6 is 11.8 Å². The van der Waals surface area contributed by atoms with Gasteiger partial charge in [0.1, 0.15) is 17.1 Å². The second-order valence-corrected chi connectivity index (χ2v) is 7.81. The first kappa shape index (κ1) is 20.7. The Morgan fingerprint density at radius 3 is 2.69 bits per heavy atom. The molecular weight excluding hydrogens is 393 g/mol. The van der Waals surface area contributed by atoms with Crippen molar-refractivity contribution in [2.75, 3.05) is 7.05 Å². The van der Waals surface area contributed by atoms with Crippen LogP contribution < -0.4 is 11.1 Å². The Labute approximate surface area is 171 Å². The van der Waals surface area contributed by atoms with Crippen LogP contribution in [0.3, 0.4) is 0 Å². The molecule has 3 rings (SSSR count). The summed E-state index contributed by atoms with van der Waals surface area (Å²) in [5.74, 6) is -1.07. The SMILES string of the molecule is CNC(=O)C1=C[C@@](C)(c2cc(CC(=O)c3cnc(C)cn3)ccc2F)N=C(N)S1. The Morgan fingerprint density at radius 2 is 2.03 bits per heavy atom. The monoisotopic (exact) mass is 413 g/mol. The number of thioether (sulfide) groups is 1. The van der Waals surface area contributed by atoms with Gasteiger partial charge < -0.3 is 11.1 Å². The number of nitrogens with two attached hydrogens (primary N) is 1. The van der Waals surface area contributed by atoms with Gasteiger partial charge in [0.15, 0.2) is 11.0 Å². The molecule has 3 N–H and O–H groups in total. The van der Waals surface area contributed by atoms with Gasteiger partial charge in [-0.15, -0.1) is 0 Å². The number of ketones is 1. The summed E-state index contributed by atoms with van der Waals surface area (Å²) in [5.41, 5.74) is 6.48. The molecule has 150 valence electrons. The molecule has 0 saturated carbocycles. The molecule has 1 aliphatic heterocycles. The molecule has 0 fully saturated rings. The highest BCUT2D eigenvalue weighted by Crippen LogP contribution is 2.37. The predicted molar refractivity (Wildman–Crippen MR) is 110 cm³/mol. The molecule has 2 aromatic rings. The summed E-state index contributed by atoms with van der Waals surface area (Å²) in [4.78, 5) is 37.4. The Bertz CT molecular complexity index is 1040.